The SMILES string of the molecule is CCCN=C(NN)N(CC1CC1)C1CC1. The Hall–Kier alpha value is -0.770. The lowest BCUT2D eigenvalue weighted by Crippen LogP contribution is -2.47. The minimum atomic E-state index is 0.706. The molecule has 0 aromatic carbocycles. The van der Waals surface area contributed by atoms with Gasteiger partial charge in [0.2, 0.25) is 5.96 Å². The molecule has 2 saturated carbocycles. The highest BCUT2D eigenvalue weighted by Crippen LogP contribution is 2.34. The van der Waals surface area contributed by atoms with Crippen LogP contribution in [0.4, 0.5) is 0 Å². The molecule has 0 atom stereocenters. The molecule has 2 rings (SSSR count). The highest BCUT2D eigenvalue weighted by molar-refractivity contribution is 5.80. The molecule has 0 bridgehead atoms. The summed E-state index contributed by atoms with van der Waals surface area (Å²) in [6, 6.07) is 0.706. The van der Waals surface area contributed by atoms with Crippen molar-refractivity contribution in [1.82, 2.24) is 10.3 Å². The molecule has 4 heteroatoms. The zero-order chi connectivity index (χ0) is 10.7. The van der Waals surface area contributed by atoms with Gasteiger partial charge in [0.25, 0.3) is 0 Å². The summed E-state index contributed by atoms with van der Waals surface area (Å²) in [4.78, 5) is 6.89. The highest BCUT2D eigenvalue weighted by Gasteiger charge is 2.35. The van der Waals surface area contributed by atoms with Gasteiger partial charge in [0.15, 0.2) is 0 Å². The second kappa shape index (κ2) is 4.84. The molecule has 2 aliphatic carbocycles. The maximum atomic E-state index is 5.55. The Labute approximate surface area is 91.9 Å². The fraction of sp³-hybridized carbons (Fsp3) is 0.909. The molecular formula is C11H22N4. The molecule has 0 heterocycles. The van der Waals surface area contributed by atoms with Gasteiger partial charge in [-0.1, -0.05) is 6.92 Å². The van der Waals surface area contributed by atoms with Crippen LogP contribution in [0.2, 0.25) is 0 Å². The van der Waals surface area contributed by atoms with Crippen LogP contribution in [0.1, 0.15) is 39.0 Å². The van der Waals surface area contributed by atoms with Crippen molar-refractivity contribution in [2.75, 3.05) is 13.1 Å². The minimum absolute atomic E-state index is 0.706. The van der Waals surface area contributed by atoms with Gasteiger partial charge in [-0.2, -0.15) is 0 Å². The van der Waals surface area contributed by atoms with Gasteiger partial charge in [-0.05, 0) is 38.0 Å². The monoisotopic (exact) mass is 210 g/mol. The molecule has 0 unspecified atom stereocenters. The minimum Gasteiger partial charge on any atom is -0.339 e. The average Bonchev–Trinajstić information content (AvgIpc) is 3.10. The number of hydrogen-bond donors (Lipinski definition) is 2. The van der Waals surface area contributed by atoms with Crippen molar-refractivity contribution in [3.63, 3.8) is 0 Å². The normalized spacial score (nSPS) is 21.6. The van der Waals surface area contributed by atoms with E-state index in [-0.39, 0.29) is 0 Å². The number of nitrogens with two attached hydrogens (primary N) is 1. The van der Waals surface area contributed by atoms with E-state index in [2.05, 4.69) is 22.2 Å². The number of aliphatic imine (C=N–C) groups is 1. The summed E-state index contributed by atoms with van der Waals surface area (Å²) in [5.41, 5.74) is 2.77. The van der Waals surface area contributed by atoms with Crippen molar-refractivity contribution in [1.29, 1.82) is 0 Å². The molecule has 0 saturated heterocycles. The molecule has 0 aliphatic heterocycles. The van der Waals surface area contributed by atoms with E-state index in [9.17, 15) is 0 Å². The van der Waals surface area contributed by atoms with E-state index in [0.717, 1.165) is 31.4 Å². The number of guanidine groups is 1. The number of nitrogens with zero attached hydrogens (tertiary/aromatic N) is 2. The van der Waals surface area contributed by atoms with Gasteiger partial charge >= 0.3 is 0 Å². The van der Waals surface area contributed by atoms with Crippen molar-refractivity contribution in [3.8, 4) is 0 Å². The van der Waals surface area contributed by atoms with Crippen molar-refractivity contribution in [3.05, 3.63) is 0 Å². The zero-order valence-corrected chi connectivity index (χ0v) is 9.58. The van der Waals surface area contributed by atoms with Crippen LogP contribution in [0.3, 0.4) is 0 Å². The quantitative estimate of drug-likeness (QED) is 0.309. The van der Waals surface area contributed by atoms with E-state index in [1.54, 1.807) is 0 Å². The van der Waals surface area contributed by atoms with Crippen LogP contribution >= 0.6 is 0 Å². The Morgan fingerprint density at radius 3 is 2.60 bits per heavy atom. The Kier molecular flexibility index (Phi) is 3.46. The number of hydrogen-bond acceptors (Lipinski definition) is 2. The van der Waals surface area contributed by atoms with Gasteiger partial charge in [-0.25, -0.2) is 5.84 Å². The standard InChI is InChI=1S/C11H22N4/c1-2-7-13-11(14-12)15(10-5-6-10)8-9-3-4-9/h9-10H,2-8,12H2,1H3,(H,13,14). The van der Waals surface area contributed by atoms with Crippen molar-refractivity contribution >= 4 is 5.96 Å². The van der Waals surface area contributed by atoms with Gasteiger partial charge in [0.1, 0.15) is 0 Å². The van der Waals surface area contributed by atoms with Crippen LogP contribution in [0.15, 0.2) is 4.99 Å². The molecule has 86 valence electrons. The van der Waals surface area contributed by atoms with Crippen molar-refractivity contribution in [2.24, 2.45) is 16.8 Å². The van der Waals surface area contributed by atoms with E-state index in [4.69, 9.17) is 5.84 Å². The molecule has 0 amide bonds. The van der Waals surface area contributed by atoms with Crippen LogP contribution in [-0.4, -0.2) is 30.0 Å². The van der Waals surface area contributed by atoms with E-state index in [1.165, 1.54) is 25.7 Å². The maximum Gasteiger partial charge on any atom is 0.208 e. The summed E-state index contributed by atoms with van der Waals surface area (Å²) >= 11 is 0. The summed E-state index contributed by atoms with van der Waals surface area (Å²) in [6.45, 7) is 4.16. The molecule has 0 radical (unpaired) electrons. The Morgan fingerprint density at radius 1 is 1.40 bits per heavy atom. The lowest BCUT2D eigenvalue weighted by atomic mass is 10.3. The lowest BCUT2D eigenvalue weighted by molar-refractivity contribution is 0.375. The van der Waals surface area contributed by atoms with E-state index >= 15 is 0 Å². The van der Waals surface area contributed by atoms with E-state index in [0.29, 0.717) is 6.04 Å². The number of rotatable bonds is 5. The molecular weight excluding hydrogens is 188 g/mol. The maximum absolute atomic E-state index is 5.55. The van der Waals surface area contributed by atoms with Gasteiger partial charge in [-0.15, -0.1) is 0 Å². The van der Waals surface area contributed by atoms with Crippen molar-refractivity contribution in [2.45, 2.75) is 45.1 Å². The molecule has 0 aromatic heterocycles. The first-order chi connectivity index (χ1) is 7.35. The molecule has 2 aliphatic rings. The zero-order valence-electron chi connectivity index (χ0n) is 9.58. The third-order valence-corrected chi connectivity index (χ3v) is 3.03. The van der Waals surface area contributed by atoms with Crippen LogP contribution in [0.25, 0.3) is 0 Å². The fourth-order valence-corrected chi connectivity index (χ4v) is 1.81. The van der Waals surface area contributed by atoms with Crippen LogP contribution in [0, 0.1) is 5.92 Å². The van der Waals surface area contributed by atoms with E-state index < -0.39 is 0 Å². The van der Waals surface area contributed by atoms with E-state index in [1.807, 2.05) is 0 Å². The molecule has 2 fully saturated rings. The first-order valence-corrected chi connectivity index (χ1v) is 6.12. The molecule has 0 aromatic rings. The summed E-state index contributed by atoms with van der Waals surface area (Å²) in [5, 5.41) is 0. The third kappa shape index (κ3) is 3.09. The summed E-state index contributed by atoms with van der Waals surface area (Å²) in [5.74, 6) is 7.36. The molecule has 3 N–H and O–H groups in total. The first kappa shape index (κ1) is 10.7. The van der Waals surface area contributed by atoms with Crippen LogP contribution in [0.5, 0.6) is 0 Å². The second-order valence-corrected chi connectivity index (χ2v) is 4.68. The first-order valence-electron chi connectivity index (χ1n) is 6.12. The number of hydrazine groups is 1. The molecule has 0 spiro atoms. The van der Waals surface area contributed by atoms with Gasteiger partial charge in [0.05, 0.1) is 0 Å². The summed E-state index contributed by atoms with van der Waals surface area (Å²) in [6.07, 6.45) is 6.45. The lowest BCUT2D eigenvalue weighted by Gasteiger charge is -2.25. The topological polar surface area (TPSA) is 53.6 Å². The summed E-state index contributed by atoms with van der Waals surface area (Å²) < 4.78 is 0. The summed E-state index contributed by atoms with van der Waals surface area (Å²) in [7, 11) is 0. The third-order valence-electron chi connectivity index (χ3n) is 3.03. The van der Waals surface area contributed by atoms with Crippen LogP contribution in [-0.2, 0) is 0 Å². The van der Waals surface area contributed by atoms with Gasteiger partial charge in [0, 0.05) is 19.1 Å². The predicted octanol–water partition coefficient (Wildman–Crippen LogP) is 1.09. The van der Waals surface area contributed by atoms with Gasteiger partial charge in [-0.3, -0.25) is 10.4 Å². The van der Waals surface area contributed by atoms with Gasteiger partial charge < -0.3 is 4.90 Å². The van der Waals surface area contributed by atoms with Crippen LogP contribution < -0.4 is 11.3 Å². The van der Waals surface area contributed by atoms with Crippen molar-refractivity contribution < 1.29 is 0 Å². The predicted molar refractivity (Wildman–Crippen MR) is 62.4 cm³/mol. The average molecular weight is 210 g/mol. The second-order valence-electron chi connectivity index (χ2n) is 4.68. The fourth-order valence-electron chi connectivity index (χ4n) is 1.81. The smallest absolute Gasteiger partial charge is 0.208 e. The highest BCUT2D eigenvalue weighted by atomic mass is 15.4. The molecule has 4 nitrogen and oxygen atoms in total. The largest absolute Gasteiger partial charge is 0.339 e. The Balaban J connectivity index is 1.92. The Morgan fingerprint density at radius 2 is 2.13 bits per heavy atom. The number of nitrogens with one attached hydrogen (secondary N) is 1. The molecule has 15 heavy (non-hydrogen) atoms. The Bertz CT molecular complexity index is 231.